The third-order valence-corrected chi connectivity index (χ3v) is 5.20. The van der Waals surface area contributed by atoms with Gasteiger partial charge in [-0.05, 0) is 39.7 Å². The molecule has 4 aromatic carbocycles. The van der Waals surface area contributed by atoms with Crippen molar-refractivity contribution in [2.45, 2.75) is 12.5 Å². The van der Waals surface area contributed by atoms with E-state index in [1.807, 2.05) is 24.3 Å². The minimum atomic E-state index is -0.127. The van der Waals surface area contributed by atoms with E-state index in [2.05, 4.69) is 40.9 Å². The Labute approximate surface area is 156 Å². The summed E-state index contributed by atoms with van der Waals surface area (Å²) in [5, 5.41) is 29.1. The molecule has 0 bridgehead atoms. The van der Waals surface area contributed by atoms with E-state index in [0.717, 1.165) is 16.8 Å². The zero-order valence-corrected chi connectivity index (χ0v) is 14.6. The second kappa shape index (κ2) is 6.02. The highest BCUT2D eigenvalue weighted by atomic mass is 16.3. The largest absolute Gasteiger partial charge is 0.508 e. The number of aromatic hydroxyl groups is 2. The number of hydrogen-bond acceptors (Lipinski definition) is 4. The number of benzene rings is 4. The number of rotatable bonds is 2. The molecule has 0 saturated heterocycles. The topological polar surface area (TPSA) is 64.9 Å². The van der Waals surface area contributed by atoms with E-state index in [-0.39, 0.29) is 17.5 Å². The predicted octanol–water partition coefficient (Wildman–Crippen LogP) is 4.84. The maximum Gasteiger partial charge on any atom is 0.124 e. The van der Waals surface area contributed by atoms with Crippen LogP contribution in [0, 0.1) is 0 Å². The molecule has 3 N–H and O–H groups in total. The third-order valence-electron chi connectivity index (χ3n) is 5.20. The Kier molecular flexibility index (Phi) is 3.50. The van der Waals surface area contributed by atoms with Crippen LogP contribution >= 0.6 is 0 Å². The van der Waals surface area contributed by atoms with Crippen LogP contribution in [-0.4, -0.2) is 15.9 Å². The lowest BCUT2D eigenvalue weighted by Gasteiger charge is -2.14. The summed E-state index contributed by atoms with van der Waals surface area (Å²) in [6.07, 6.45) is 0.663. The summed E-state index contributed by atoms with van der Waals surface area (Å²) in [5.41, 5.74) is 6.00. The van der Waals surface area contributed by atoms with Gasteiger partial charge in [-0.15, -0.1) is 0 Å². The molecule has 27 heavy (non-hydrogen) atoms. The summed E-state index contributed by atoms with van der Waals surface area (Å²) >= 11 is 0. The summed E-state index contributed by atoms with van der Waals surface area (Å²) in [4.78, 5) is 0. The van der Waals surface area contributed by atoms with Crippen LogP contribution in [0.25, 0.3) is 21.5 Å². The lowest BCUT2D eigenvalue weighted by atomic mass is 9.91. The fourth-order valence-corrected chi connectivity index (χ4v) is 3.93. The van der Waals surface area contributed by atoms with Crippen LogP contribution in [0.5, 0.6) is 11.5 Å². The monoisotopic (exact) mass is 354 g/mol. The molecule has 1 aliphatic heterocycles. The first kappa shape index (κ1) is 15.7. The molecule has 0 aromatic heterocycles. The molecule has 0 spiro atoms. The number of hydrazone groups is 1. The van der Waals surface area contributed by atoms with Crippen LogP contribution in [-0.2, 0) is 0 Å². The van der Waals surface area contributed by atoms with Crippen molar-refractivity contribution in [1.82, 2.24) is 5.43 Å². The molecular formula is C23H18N2O2. The second-order valence-electron chi connectivity index (χ2n) is 6.88. The van der Waals surface area contributed by atoms with E-state index in [1.165, 1.54) is 27.6 Å². The first-order chi connectivity index (χ1) is 13.2. The van der Waals surface area contributed by atoms with Gasteiger partial charge in [-0.25, -0.2) is 0 Å². The first-order valence-electron chi connectivity index (χ1n) is 8.95. The molecule has 0 amide bonds. The summed E-state index contributed by atoms with van der Waals surface area (Å²) in [6, 6.07) is 23.5. The summed E-state index contributed by atoms with van der Waals surface area (Å²) in [7, 11) is 0. The minimum Gasteiger partial charge on any atom is -0.508 e. The lowest BCUT2D eigenvalue weighted by Crippen LogP contribution is -2.10. The molecule has 0 radical (unpaired) electrons. The number of phenolic OH excluding ortho intramolecular Hbond substituents is 2. The van der Waals surface area contributed by atoms with Crippen molar-refractivity contribution in [3.05, 3.63) is 83.9 Å². The Bertz CT molecular complexity index is 1160. The molecular weight excluding hydrogens is 336 g/mol. The van der Waals surface area contributed by atoms with Crippen LogP contribution in [0.4, 0.5) is 0 Å². The van der Waals surface area contributed by atoms with E-state index < -0.39 is 0 Å². The Hall–Kier alpha value is -3.53. The Morgan fingerprint density at radius 1 is 0.815 bits per heavy atom. The fourth-order valence-electron chi connectivity index (χ4n) is 3.93. The quantitative estimate of drug-likeness (QED) is 0.451. The van der Waals surface area contributed by atoms with Gasteiger partial charge in [-0.1, -0.05) is 48.5 Å². The Morgan fingerprint density at radius 2 is 1.48 bits per heavy atom. The molecule has 5 rings (SSSR count). The smallest absolute Gasteiger partial charge is 0.124 e. The molecule has 4 heteroatoms. The molecule has 1 atom stereocenters. The summed E-state index contributed by atoms with van der Waals surface area (Å²) < 4.78 is 0. The number of fused-ring (bicyclic) bond motifs is 2. The van der Waals surface area contributed by atoms with Crippen LogP contribution in [0.1, 0.15) is 23.6 Å². The van der Waals surface area contributed by atoms with Gasteiger partial charge in [0.1, 0.15) is 11.5 Å². The minimum absolute atomic E-state index is 0.0513. The van der Waals surface area contributed by atoms with Crippen LogP contribution in [0.2, 0.25) is 0 Å². The highest BCUT2D eigenvalue weighted by Gasteiger charge is 2.25. The van der Waals surface area contributed by atoms with Crippen molar-refractivity contribution < 1.29 is 10.2 Å². The Balaban J connectivity index is 1.63. The SMILES string of the molecule is Oc1ccc([C@@H]2CC(c3c4ccccc4cc4ccccc34)=NN2)c(O)c1. The number of nitrogens with zero attached hydrogens (tertiary/aromatic N) is 1. The van der Waals surface area contributed by atoms with E-state index in [9.17, 15) is 10.2 Å². The Morgan fingerprint density at radius 3 is 2.15 bits per heavy atom. The fraction of sp³-hybridized carbons (Fsp3) is 0.0870. The van der Waals surface area contributed by atoms with Gasteiger partial charge in [-0.2, -0.15) is 5.10 Å². The van der Waals surface area contributed by atoms with E-state index in [4.69, 9.17) is 0 Å². The summed E-state index contributed by atoms with van der Waals surface area (Å²) in [5.74, 6) is 0.127. The zero-order valence-electron chi connectivity index (χ0n) is 14.6. The molecule has 0 fully saturated rings. The average Bonchev–Trinajstić information content (AvgIpc) is 3.15. The maximum atomic E-state index is 10.2. The predicted molar refractivity (Wildman–Crippen MR) is 108 cm³/mol. The number of phenols is 2. The molecule has 132 valence electrons. The first-order valence-corrected chi connectivity index (χ1v) is 8.95. The van der Waals surface area contributed by atoms with Crippen molar-refractivity contribution in [3.63, 3.8) is 0 Å². The van der Waals surface area contributed by atoms with Crippen LogP contribution in [0.3, 0.4) is 0 Å². The molecule has 0 unspecified atom stereocenters. The average molecular weight is 354 g/mol. The van der Waals surface area contributed by atoms with Gasteiger partial charge in [0.05, 0.1) is 11.8 Å². The zero-order chi connectivity index (χ0) is 18.4. The van der Waals surface area contributed by atoms with E-state index in [0.29, 0.717) is 6.42 Å². The van der Waals surface area contributed by atoms with Gasteiger partial charge in [0, 0.05) is 23.6 Å². The number of hydrogen-bond donors (Lipinski definition) is 3. The molecule has 4 aromatic rings. The summed E-state index contributed by atoms with van der Waals surface area (Å²) in [6.45, 7) is 0. The maximum absolute atomic E-state index is 10.2. The van der Waals surface area contributed by atoms with Crippen LogP contribution in [0.15, 0.2) is 77.9 Å². The molecule has 1 aliphatic rings. The van der Waals surface area contributed by atoms with Gasteiger partial charge in [0.25, 0.3) is 0 Å². The lowest BCUT2D eigenvalue weighted by molar-refractivity contribution is 0.438. The standard InChI is InChI=1S/C23H18N2O2/c26-16-9-10-19(22(27)12-16)20-13-21(25-24-20)23-17-7-3-1-5-14(17)11-15-6-2-4-8-18(15)23/h1-12,20,24,26-27H,13H2/t20-/m0/s1. The number of nitrogens with one attached hydrogen (secondary N) is 1. The van der Waals surface area contributed by atoms with E-state index >= 15 is 0 Å². The van der Waals surface area contributed by atoms with Crippen molar-refractivity contribution in [2.24, 2.45) is 5.10 Å². The second-order valence-corrected chi connectivity index (χ2v) is 6.88. The van der Waals surface area contributed by atoms with Gasteiger partial charge in [-0.3, -0.25) is 0 Å². The molecule has 1 heterocycles. The third kappa shape index (κ3) is 2.57. The molecule has 4 nitrogen and oxygen atoms in total. The van der Waals surface area contributed by atoms with Crippen LogP contribution < -0.4 is 5.43 Å². The normalized spacial score (nSPS) is 16.4. The van der Waals surface area contributed by atoms with Gasteiger partial charge in [0.2, 0.25) is 0 Å². The molecule has 0 aliphatic carbocycles. The van der Waals surface area contributed by atoms with Crippen molar-refractivity contribution in [2.75, 3.05) is 0 Å². The highest BCUT2D eigenvalue weighted by Crippen LogP contribution is 2.36. The van der Waals surface area contributed by atoms with Gasteiger partial charge < -0.3 is 15.6 Å². The van der Waals surface area contributed by atoms with Gasteiger partial charge >= 0.3 is 0 Å². The van der Waals surface area contributed by atoms with E-state index in [1.54, 1.807) is 12.1 Å². The van der Waals surface area contributed by atoms with Crippen molar-refractivity contribution >= 4 is 27.3 Å². The molecule has 0 saturated carbocycles. The van der Waals surface area contributed by atoms with Crippen molar-refractivity contribution in [1.29, 1.82) is 0 Å². The van der Waals surface area contributed by atoms with Gasteiger partial charge in [0.15, 0.2) is 0 Å². The van der Waals surface area contributed by atoms with Crippen molar-refractivity contribution in [3.8, 4) is 11.5 Å². The highest BCUT2D eigenvalue weighted by molar-refractivity contribution is 6.21.